The maximum Gasteiger partial charge on any atom is 0.179 e. The van der Waals surface area contributed by atoms with Gasteiger partial charge in [-0.3, -0.25) is 4.79 Å². The third kappa shape index (κ3) is 1.32. The molecule has 1 rings (SSSR count). The Balaban J connectivity index is 3.31. The molecule has 1 aliphatic rings. The predicted molar refractivity (Wildman–Crippen MR) is 62.6 cm³/mol. The van der Waals surface area contributed by atoms with Crippen LogP contribution in [0.25, 0.3) is 0 Å². The number of carbonyl (C=O) groups excluding carboxylic acids is 1. The van der Waals surface area contributed by atoms with Gasteiger partial charge in [-0.15, -0.1) is 0 Å². The summed E-state index contributed by atoms with van der Waals surface area (Å²) in [6, 6.07) is 0. The minimum atomic E-state index is -0.835. The third-order valence-electron chi connectivity index (χ3n) is 2.60. The van der Waals surface area contributed by atoms with Crippen LogP contribution >= 0.6 is 38.2 Å². The second kappa shape index (κ2) is 3.14. The predicted octanol–water partition coefficient (Wildman–Crippen LogP) is 2.08. The molecule has 0 aromatic heterocycles. The lowest BCUT2D eigenvalue weighted by atomic mass is 9.95. The van der Waals surface area contributed by atoms with Gasteiger partial charge in [-0.2, -0.15) is 25.3 Å². The highest BCUT2D eigenvalue weighted by Crippen LogP contribution is 2.49. The van der Waals surface area contributed by atoms with Gasteiger partial charge in [0.2, 0.25) is 0 Å². The SMILES string of the molecule is CC1=C(OS)C(C)(S)C(C)(S)C1=O. The molecule has 0 saturated heterocycles. The van der Waals surface area contributed by atoms with Gasteiger partial charge >= 0.3 is 0 Å². The van der Waals surface area contributed by atoms with E-state index in [9.17, 15) is 4.79 Å². The smallest absolute Gasteiger partial charge is 0.179 e. The van der Waals surface area contributed by atoms with E-state index in [0.29, 0.717) is 11.3 Å². The van der Waals surface area contributed by atoms with Crippen LogP contribution in [0.1, 0.15) is 20.8 Å². The van der Waals surface area contributed by atoms with Gasteiger partial charge in [0, 0.05) is 18.5 Å². The van der Waals surface area contributed by atoms with Gasteiger partial charge < -0.3 is 4.18 Å². The summed E-state index contributed by atoms with van der Waals surface area (Å²) in [5.74, 6) is 0.430. The molecule has 1 aliphatic carbocycles. The van der Waals surface area contributed by atoms with Crippen molar-refractivity contribution in [3.05, 3.63) is 11.3 Å². The van der Waals surface area contributed by atoms with Crippen molar-refractivity contribution in [1.29, 1.82) is 0 Å². The molecule has 0 spiro atoms. The van der Waals surface area contributed by atoms with E-state index in [2.05, 4.69) is 38.2 Å². The summed E-state index contributed by atoms with van der Waals surface area (Å²) < 4.78 is 3.33. The molecule has 0 N–H and O–H groups in total. The zero-order valence-electron chi connectivity index (χ0n) is 7.66. The van der Waals surface area contributed by atoms with Crippen molar-refractivity contribution in [1.82, 2.24) is 0 Å². The van der Waals surface area contributed by atoms with Crippen molar-refractivity contribution >= 4 is 44.0 Å². The largest absolute Gasteiger partial charge is 0.431 e. The Labute approximate surface area is 94.5 Å². The lowest BCUT2D eigenvalue weighted by molar-refractivity contribution is -0.116. The molecular weight excluding hydrogens is 224 g/mol. The van der Waals surface area contributed by atoms with Crippen LogP contribution < -0.4 is 0 Å². The zero-order chi connectivity index (χ0) is 10.4. The third-order valence-corrected chi connectivity index (χ3v) is 4.26. The van der Waals surface area contributed by atoms with Crippen LogP contribution in [0.2, 0.25) is 0 Å². The van der Waals surface area contributed by atoms with Crippen molar-refractivity contribution in [2.45, 2.75) is 30.3 Å². The van der Waals surface area contributed by atoms with Crippen LogP contribution in [0.15, 0.2) is 11.3 Å². The van der Waals surface area contributed by atoms with Crippen molar-refractivity contribution in [2.75, 3.05) is 0 Å². The number of Topliss-reactive ketones (excluding diaryl/α,β-unsaturated/α-hetero) is 1. The van der Waals surface area contributed by atoms with Gasteiger partial charge in [0.05, 0.1) is 9.49 Å². The summed E-state index contributed by atoms with van der Waals surface area (Å²) in [5.41, 5.74) is 0.546. The van der Waals surface area contributed by atoms with Crippen LogP contribution in [0.5, 0.6) is 0 Å². The quantitative estimate of drug-likeness (QED) is 0.480. The van der Waals surface area contributed by atoms with E-state index < -0.39 is 9.49 Å². The van der Waals surface area contributed by atoms with Crippen molar-refractivity contribution < 1.29 is 8.98 Å². The van der Waals surface area contributed by atoms with Crippen LogP contribution in [-0.4, -0.2) is 15.3 Å². The normalized spacial score (nSPS) is 40.0. The average molecular weight is 236 g/mol. The first kappa shape index (κ1) is 11.3. The maximum atomic E-state index is 11.7. The lowest BCUT2D eigenvalue weighted by Gasteiger charge is -2.32. The lowest BCUT2D eigenvalue weighted by Crippen LogP contribution is -2.43. The number of carbonyl (C=O) groups is 1. The molecule has 2 nitrogen and oxygen atoms in total. The molecule has 0 heterocycles. The Morgan fingerprint density at radius 3 is 1.85 bits per heavy atom. The molecule has 0 fully saturated rings. The Morgan fingerprint density at radius 1 is 1.23 bits per heavy atom. The van der Waals surface area contributed by atoms with Gasteiger partial charge in [0.1, 0.15) is 5.76 Å². The van der Waals surface area contributed by atoms with Gasteiger partial charge in [-0.05, 0) is 20.8 Å². The van der Waals surface area contributed by atoms with Gasteiger partial charge in [0.25, 0.3) is 0 Å². The van der Waals surface area contributed by atoms with Crippen molar-refractivity contribution in [3.63, 3.8) is 0 Å². The van der Waals surface area contributed by atoms with Crippen LogP contribution in [0, 0.1) is 0 Å². The fourth-order valence-electron chi connectivity index (χ4n) is 1.43. The molecule has 74 valence electrons. The van der Waals surface area contributed by atoms with E-state index in [-0.39, 0.29) is 5.78 Å². The number of hydrogen-bond donors (Lipinski definition) is 3. The van der Waals surface area contributed by atoms with E-state index in [1.807, 2.05) is 0 Å². The molecule has 0 bridgehead atoms. The first-order chi connectivity index (χ1) is 5.76. The second-order valence-corrected chi connectivity index (χ2v) is 5.49. The molecule has 0 radical (unpaired) electrons. The minimum absolute atomic E-state index is 0.0580. The number of hydrogen-bond acceptors (Lipinski definition) is 5. The van der Waals surface area contributed by atoms with E-state index in [1.54, 1.807) is 20.8 Å². The Hall–Kier alpha value is 0.260. The van der Waals surface area contributed by atoms with Crippen LogP contribution in [-0.2, 0) is 8.98 Å². The van der Waals surface area contributed by atoms with E-state index in [1.165, 1.54) is 0 Å². The summed E-state index contributed by atoms with van der Waals surface area (Å²) in [5, 5.41) is 0. The molecule has 0 amide bonds. The highest BCUT2D eigenvalue weighted by Gasteiger charge is 2.56. The summed E-state index contributed by atoms with van der Waals surface area (Å²) in [6.45, 7) is 5.22. The van der Waals surface area contributed by atoms with Gasteiger partial charge in [-0.1, -0.05) is 0 Å². The van der Waals surface area contributed by atoms with Crippen molar-refractivity contribution in [2.24, 2.45) is 0 Å². The number of allylic oxidation sites excluding steroid dienone is 1. The first-order valence-electron chi connectivity index (χ1n) is 3.79. The summed E-state index contributed by atoms with van der Waals surface area (Å²) in [4.78, 5) is 11.7. The molecule has 5 heteroatoms. The fourth-order valence-corrected chi connectivity index (χ4v) is 2.41. The molecular formula is C8H12O2S3. The Bertz CT molecular complexity index is 292. The van der Waals surface area contributed by atoms with E-state index in [0.717, 1.165) is 0 Å². The van der Waals surface area contributed by atoms with Gasteiger partial charge in [-0.25, -0.2) is 0 Å². The molecule has 2 unspecified atom stereocenters. The highest BCUT2D eigenvalue weighted by molar-refractivity contribution is 7.87. The second-order valence-electron chi connectivity index (χ2n) is 3.52. The minimum Gasteiger partial charge on any atom is -0.431 e. The standard InChI is InChI=1S/C8H12O2S3/c1-4-5(9)7(2,11)8(3,12)6(4)10-13/h11-13H,1-3H3. The number of rotatable bonds is 1. The zero-order valence-corrected chi connectivity index (χ0v) is 10.3. The Kier molecular flexibility index (Phi) is 2.74. The molecule has 2 atom stereocenters. The fraction of sp³-hybridized carbons (Fsp3) is 0.625. The van der Waals surface area contributed by atoms with Crippen molar-refractivity contribution in [3.8, 4) is 0 Å². The highest BCUT2D eigenvalue weighted by atomic mass is 32.1. The first-order valence-corrected chi connectivity index (χ1v) is 5.05. The summed E-state index contributed by atoms with van der Waals surface area (Å²) in [6.07, 6.45) is 0. The monoisotopic (exact) mass is 236 g/mol. The van der Waals surface area contributed by atoms with E-state index >= 15 is 0 Å². The summed E-state index contributed by atoms with van der Waals surface area (Å²) in [7, 11) is 0. The van der Waals surface area contributed by atoms with Crippen LogP contribution in [0.3, 0.4) is 0 Å². The molecule has 13 heavy (non-hydrogen) atoms. The summed E-state index contributed by atoms with van der Waals surface area (Å²) >= 11 is 12.4. The number of ketones is 1. The van der Waals surface area contributed by atoms with E-state index in [4.69, 9.17) is 4.18 Å². The maximum absolute atomic E-state index is 11.7. The Morgan fingerprint density at radius 2 is 1.69 bits per heavy atom. The molecule has 0 aliphatic heterocycles. The molecule has 0 aromatic rings. The van der Waals surface area contributed by atoms with Gasteiger partial charge in [0.15, 0.2) is 5.78 Å². The average Bonchev–Trinajstić information content (AvgIpc) is 2.12. The molecule has 0 saturated carbocycles. The van der Waals surface area contributed by atoms with Crippen LogP contribution in [0.4, 0.5) is 0 Å². The topological polar surface area (TPSA) is 26.3 Å². The molecule has 0 aromatic carbocycles. The number of thiol groups is 3.